The maximum atomic E-state index is 13.9. The van der Waals surface area contributed by atoms with E-state index in [2.05, 4.69) is 20.1 Å². The summed E-state index contributed by atoms with van der Waals surface area (Å²) in [6, 6.07) is 0. The lowest BCUT2D eigenvalue weighted by Crippen LogP contribution is -2.37. The average Bonchev–Trinajstić information content (AvgIpc) is 2.66. The molecular weight excluding hydrogens is 379 g/mol. The molecule has 0 spiro atoms. The SMILES string of the molecule is Fc1c(F)c(F)c(-c2cnnc(SCCN3CCOCC3)n2)c(F)c1F. The summed E-state index contributed by atoms with van der Waals surface area (Å²) in [6.45, 7) is 3.61. The predicted molar refractivity (Wildman–Crippen MR) is 83.0 cm³/mol. The summed E-state index contributed by atoms with van der Waals surface area (Å²) in [5.74, 6) is -9.61. The second kappa shape index (κ2) is 8.23. The summed E-state index contributed by atoms with van der Waals surface area (Å²) in [5.41, 5.74) is -1.59. The zero-order chi connectivity index (χ0) is 18.7. The molecule has 0 bridgehead atoms. The van der Waals surface area contributed by atoms with Gasteiger partial charge in [-0.15, -0.1) is 5.10 Å². The number of nitrogens with zero attached hydrogens (tertiary/aromatic N) is 4. The third kappa shape index (κ3) is 3.94. The Kier molecular flexibility index (Phi) is 5.99. The van der Waals surface area contributed by atoms with Gasteiger partial charge in [0.25, 0.3) is 0 Å². The third-order valence-electron chi connectivity index (χ3n) is 3.75. The molecule has 140 valence electrons. The normalized spacial score (nSPS) is 15.4. The first kappa shape index (κ1) is 18.9. The van der Waals surface area contributed by atoms with Crippen LogP contribution in [0.1, 0.15) is 0 Å². The van der Waals surface area contributed by atoms with Crippen molar-refractivity contribution in [3.63, 3.8) is 0 Å². The number of rotatable bonds is 5. The standard InChI is InChI=1S/C15H13F5N4OS/c16-10-9(11(17)13(19)14(20)12(10)18)8-7-21-23-15(22-8)26-6-3-24-1-4-25-5-2-24/h7H,1-6H2. The number of morpholine rings is 1. The number of halogens is 5. The van der Waals surface area contributed by atoms with Gasteiger partial charge in [-0.1, -0.05) is 11.8 Å². The van der Waals surface area contributed by atoms with Crippen molar-refractivity contribution in [2.24, 2.45) is 0 Å². The molecule has 1 aromatic heterocycles. The van der Waals surface area contributed by atoms with Crippen LogP contribution in [0.15, 0.2) is 11.4 Å². The van der Waals surface area contributed by atoms with Gasteiger partial charge >= 0.3 is 0 Å². The second-order valence-electron chi connectivity index (χ2n) is 5.37. The predicted octanol–water partition coefficient (Wildman–Crippen LogP) is 2.66. The highest BCUT2D eigenvalue weighted by atomic mass is 32.2. The van der Waals surface area contributed by atoms with Gasteiger partial charge in [-0.25, -0.2) is 26.9 Å². The lowest BCUT2D eigenvalue weighted by molar-refractivity contribution is 0.0410. The molecule has 0 saturated carbocycles. The van der Waals surface area contributed by atoms with E-state index >= 15 is 0 Å². The van der Waals surface area contributed by atoms with Crippen LogP contribution >= 0.6 is 11.8 Å². The van der Waals surface area contributed by atoms with E-state index in [0.29, 0.717) is 25.5 Å². The summed E-state index contributed by atoms with van der Waals surface area (Å²) in [4.78, 5) is 6.03. The molecule has 5 nitrogen and oxygen atoms in total. The number of benzene rings is 1. The summed E-state index contributed by atoms with van der Waals surface area (Å²) in [5, 5.41) is 7.36. The average molecular weight is 392 g/mol. The van der Waals surface area contributed by atoms with Crippen LogP contribution in [0.5, 0.6) is 0 Å². The number of ether oxygens (including phenoxy) is 1. The van der Waals surface area contributed by atoms with E-state index in [-0.39, 0.29) is 5.16 Å². The Morgan fingerprint density at radius 1 is 0.962 bits per heavy atom. The summed E-state index contributed by atoms with van der Waals surface area (Å²) in [7, 11) is 0. The molecule has 1 fully saturated rings. The molecule has 26 heavy (non-hydrogen) atoms. The molecule has 2 aromatic rings. The van der Waals surface area contributed by atoms with Crippen molar-refractivity contribution in [1.29, 1.82) is 0 Å². The van der Waals surface area contributed by atoms with Crippen molar-refractivity contribution < 1.29 is 26.7 Å². The lowest BCUT2D eigenvalue weighted by Gasteiger charge is -2.26. The molecular formula is C15H13F5N4OS. The van der Waals surface area contributed by atoms with E-state index in [1.54, 1.807) is 0 Å². The summed E-state index contributed by atoms with van der Waals surface area (Å²) in [6.07, 6.45) is 0.852. The van der Waals surface area contributed by atoms with Gasteiger partial charge in [0.2, 0.25) is 11.0 Å². The first-order valence-electron chi connectivity index (χ1n) is 7.63. The van der Waals surface area contributed by atoms with Gasteiger partial charge in [-0.05, 0) is 0 Å². The van der Waals surface area contributed by atoms with Gasteiger partial charge in [-0.2, -0.15) is 5.10 Å². The molecule has 0 atom stereocenters. The summed E-state index contributed by atoms with van der Waals surface area (Å²) < 4.78 is 72.8. The topological polar surface area (TPSA) is 51.1 Å². The fourth-order valence-electron chi connectivity index (χ4n) is 2.39. The van der Waals surface area contributed by atoms with Crippen molar-refractivity contribution >= 4 is 11.8 Å². The number of hydrogen-bond acceptors (Lipinski definition) is 6. The Hall–Kier alpha value is -1.85. The van der Waals surface area contributed by atoms with Gasteiger partial charge in [-0.3, -0.25) is 4.90 Å². The first-order valence-corrected chi connectivity index (χ1v) is 8.62. The zero-order valence-electron chi connectivity index (χ0n) is 13.3. The molecule has 0 unspecified atom stereocenters. The zero-order valence-corrected chi connectivity index (χ0v) is 14.1. The van der Waals surface area contributed by atoms with E-state index < -0.39 is 40.3 Å². The molecule has 2 heterocycles. The molecule has 3 rings (SSSR count). The Bertz CT molecular complexity index is 775. The third-order valence-corrected chi connectivity index (χ3v) is 4.57. The summed E-state index contributed by atoms with van der Waals surface area (Å²) >= 11 is 1.17. The number of aromatic nitrogens is 3. The van der Waals surface area contributed by atoms with E-state index in [1.807, 2.05) is 0 Å². The minimum atomic E-state index is -2.22. The van der Waals surface area contributed by atoms with Crippen molar-refractivity contribution in [2.45, 2.75) is 5.16 Å². The number of thioether (sulfide) groups is 1. The molecule has 0 radical (unpaired) electrons. The van der Waals surface area contributed by atoms with Crippen molar-refractivity contribution in [3.05, 3.63) is 35.3 Å². The van der Waals surface area contributed by atoms with Gasteiger partial charge in [0.1, 0.15) is 0 Å². The van der Waals surface area contributed by atoms with Gasteiger partial charge in [0, 0.05) is 25.4 Å². The molecule has 1 aromatic carbocycles. The molecule has 0 aliphatic carbocycles. The van der Waals surface area contributed by atoms with Crippen LogP contribution in [0.3, 0.4) is 0 Å². The van der Waals surface area contributed by atoms with E-state index in [4.69, 9.17) is 4.74 Å². The highest BCUT2D eigenvalue weighted by Crippen LogP contribution is 2.30. The smallest absolute Gasteiger partial charge is 0.209 e. The fraction of sp³-hybridized carbons (Fsp3) is 0.400. The highest BCUT2D eigenvalue weighted by Gasteiger charge is 2.27. The quantitative estimate of drug-likeness (QED) is 0.338. The fourth-order valence-corrected chi connectivity index (χ4v) is 3.19. The Labute approximate surface area is 149 Å². The largest absolute Gasteiger partial charge is 0.379 e. The van der Waals surface area contributed by atoms with Crippen molar-refractivity contribution in [1.82, 2.24) is 20.1 Å². The Balaban J connectivity index is 1.77. The van der Waals surface area contributed by atoms with E-state index in [1.165, 1.54) is 11.8 Å². The maximum absolute atomic E-state index is 13.9. The van der Waals surface area contributed by atoms with Gasteiger partial charge in [0.05, 0.1) is 30.7 Å². The molecule has 1 aliphatic heterocycles. The van der Waals surface area contributed by atoms with Crippen LogP contribution in [0.2, 0.25) is 0 Å². The van der Waals surface area contributed by atoms with E-state index in [0.717, 1.165) is 19.3 Å². The van der Waals surface area contributed by atoms with Crippen molar-refractivity contribution in [2.75, 3.05) is 38.6 Å². The van der Waals surface area contributed by atoms with Crippen LogP contribution in [0, 0.1) is 29.1 Å². The number of hydrogen-bond donors (Lipinski definition) is 0. The highest BCUT2D eigenvalue weighted by molar-refractivity contribution is 7.99. The van der Waals surface area contributed by atoms with Crippen LogP contribution in [-0.2, 0) is 4.74 Å². The molecule has 1 aliphatic rings. The maximum Gasteiger partial charge on any atom is 0.209 e. The molecule has 0 amide bonds. The van der Waals surface area contributed by atoms with Crippen LogP contribution < -0.4 is 0 Å². The van der Waals surface area contributed by atoms with Crippen LogP contribution in [0.4, 0.5) is 22.0 Å². The Morgan fingerprint density at radius 2 is 1.58 bits per heavy atom. The van der Waals surface area contributed by atoms with Crippen LogP contribution in [0.25, 0.3) is 11.3 Å². The molecule has 11 heteroatoms. The van der Waals surface area contributed by atoms with E-state index in [9.17, 15) is 22.0 Å². The molecule has 0 N–H and O–H groups in total. The van der Waals surface area contributed by atoms with Gasteiger partial charge < -0.3 is 4.74 Å². The monoisotopic (exact) mass is 392 g/mol. The second-order valence-corrected chi connectivity index (χ2v) is 6.43. The minimum Gasteiger partial charge on any atom is -0.379 e. The van der Waals surface area contributed by atoms with Gasteiger partial charge in [0.15, 0.2) is 23.3 Å². The molecule has 1 saturated heterocycles. The Morgan fingerprint density at radius 3 is 2.23 bits per heavy atom. The lowest BCUT2D eigenvalue weighted by atomic mass is 10.1. The first-order chi connectivity index (χ1) is 12.5. The van der Waals surface area contributed by atoms with Crippen LogP contribution in [-0.4, -0.2) is 58.7 Å². The van der Waals surface area contributed by atoms with Crippen molar-refractivity contribution in [3.8, 4) is 11.3 Å². The minimum absolute atomic E-state index is 0.0831.